The molecule has 2 heterocycles. The van der Waals surface area contributed by atoms with Gasteiger partial charge in [0, 0.05) is 29.1 Å². The minimum absolute atomic E-state index is 0.0532. The fraction of sp³-hybridized carbons (Fsp3) is 0.294. The number of benzene rings is 1. The summed E-state index contributed by atoms with van der Waals surface area (Å²) >= 11 is 1.45. The number of hydrogen-bond acceptors (Lipinski definition) is 3. The number of hydrogen-bond donors (Lipinski definition) is 1. The van der Waals surface area contributed by atoms with Crippen molar-refractivity contribution in [1.29, 1.82) is 0 Å². The Bertz CT molecular complexity index is 854. The largest absolute Gasteiger partial charge is 0.335 e. The lowest BCUT2D eigenvalue weighted by Crippen LogP contribution is -2.84. The molecule has 4 nitrogen and oxygen atoms in total. The van der Waals surface area contributed by atoms with Crippen LogP contribution in [0.15, 0.2) is 46.7 Å². The van der Waals surface area contributed by atoms with Gasteiger partial charge in [0.25, 0.3) is 5.56 Å². The number of fused-ring (bicyclic) bond motifs is 1. The molecule has 23 heavy (non-hydrogen) atoms. The molecule has 0 unspecified atom stereocenters. The Hall–Kier alpha value is -2.05. The van der Waals surface area contributed by atoms with Crippen LogP contribution in [-0.2, 0) is 6.54 Å². The zero-order valence-corrected chi connectivity index (χ0v) is 13.9. The first-order valence-corrected chi connectivity index (χ1v) is 8.47. The van der Waals surface area contributed by atoms with Gasteiger partial charge in [-0.2, -0.15) is 0 Å². The van der Waals surface area contributed by atoms with Crippen LogP contribution < -0.4 is 10.9 Å². The molecular formula is C17H19FN3OS+. The summed E-state index contributed by atoms with van der Waals surface area (Å²) in [5.74, 6) is 0.154. The molecule has 1 aromatic carbocycles. The average molecular weight is 332 g/mol. The highest BCUT2D eigenvalue weighted by atomic mass is 32.1. The molecule has 2 N–H and O–H groups in total. The van der Waals surface area contributed by atoms with E-state index in [9.17, 15) is 9.18 Å². The van der Waals surface area contributed by atoms with E-state index in [1.807, 2.05) is 17.5 Å². The van der Waals surface area contributed by atoms with Crippen molar-refractivity contribution in [3.05, 3.63) is 69.3 Å². The van der Waals surface area contributed by atoms with Crippen LogP contribution in [0.5, 0.6) is 0 Å². The van der Waals surface area contributed by atoms with Crippen LogP contribution in [0, 0.1) is 11.7 Å². The molecule has 0 spiro atoms. The Labute approximate surface area is 137 Å². The number of quaternary nitrogens is 1. The summed E-state index contributed by atoms with van der Waals surface area (Å²) in [5, 5.41) is 4.01. The molecule has 0 saturated carbocycles. The van der Waals surface area contributed by atoms with Crippen molar-refractivity contribution >= 4 is 16.3 Å². The second-order valence-electron chi connectivity index (χ2n) is 5.90. The Morgan fingerprint density at radius 1 is 1.30 bits per heavy atom. The Kier molecular flexibility index (Phi) is 4.54. The van der Waals surface area contributed by atoms with E-state index in [-0.39, 0.29) is 17.4 Å². The highest BCUT2D eigenvalue weighted by Gasteiger charge is 2.19. The molecule has 0 aliphatic rings. The van der Waals surface area contributed by atoms with Gasteiger partial charge in [-0.05, 0) is 12.1 Å². The molecule has 3 rings (SSSR count). The molecule has 0 radical (unpaired) electrons. The van der Waals surface area contributed by atoms with Gasteiger partial charge in [-0.25, -0.2) is 9.37 Å². The first kappa shape index (κ1) is 15.8. The van der Waals surface area contributed by atoms with Gasteiger partial charge >= 0.3 is 0 Å². The third-order valence-corrected chi connectivity index (χ3v) is 4.67. The summed E-state index contributed by atoms with van der Waals surface area (Å²) in [6, 6.07) is 8.39. The van der Waals surface area contributed by atoms with Gasteiger partial charge in [0.05, 0.1) is 0 Å². The number of halogens is 1. The zero-order chi connectivity index (χ0) is 16.4. The van der Waals surface area contributed by atoms with Gasteiger partial charge < -0.3 is 5.32 Å². The molecule has 2 aromatic heterocycles. The van der Waals surface area contributed by atoms with E-state index in [1.54, 1.807) is 16.7 Å². The first-order valence-electron chi connectivity index (χ1n) is 7.59. The summed E-state index contributed by atoms with van der Waals surface area (Å²) in [4.78, 5) is 17.3. The molecular weight excluding hydrogens is 313 g/mol. The Morgan fingerprint density at radius 3 is 2.74 bits per heavy atom. The molecule has 0 aliphatic carbocycles. The summed E-state index contributed by atoms with van der Waals surface area (Å²) < 4.78 is 14.7. The van der Waals surface area contributed by atoms with Crippen molar-refractivity contribution in [2.24, 2.45) is 5.92 Å². The monoisotopic (exact) mass is 332 g/mol. The topological polar surface area (TPSA) is 51.0 Å². The van der Waals surface area contributed by atoms with E-state index >= 15 is 0 Å². The highest BCUT2D eigenvalue weighted by Crippen LogP contribution is 2.18. The quantitative estimate of drug-likeness (QED) is 0.780. The summed E-state index contributed by atoms with van der Waals surface area (Å²) in [6.07, 6.45) is 1.73. The Morgan fingerprint density at radius 2 is 2.04 bits per heavy atom. The van der Waals surface area contributed by atoms with Gasteiger partial charge in [0.1, 0.15) is 24.1 Å². The van der Waals surface area contributed by atoms with Gasteiger partial charge in [-0.15, -0.1) is 11.3 Å². The van der Waals surface area contributed by atoms with Crippen LogP contribution >= 0.6 is 11.3 Å². The fourth-order valence-corrected chi connectivity index (χ4v) is 3.46. The van der Waals surface area contributed by atoms with E-state index in [0.29, 0.717) is 17.4 Å². The third-order valence-electron chi connectivity index (χ3n) is 3.91. The highest BCUT2D eigenvalue weighted by molar-refractivity contribution is 7.15. The van der Waals surface area contributed by atoms with Gasteiger partial charge in [-0.1, -0.05) is 26.0 Å². The molecule has 6 heteroatoms. The maximum absolute atomic E-state index is 13.1. The third kappa shape index (κ3) is 3.48. The summed E-state index contributed by atoms with van der Waals surface area (Å²) in [5.41, 5.74) is 1.79. The second-order valence-corrected chi connectivity index (χ2v) is 6.78. The fourth-order valence-electron chi connectivity index (χ4n) is 2.72. The van der Waals surface area contributed by atoms with Crippen LogP contribution in [0.25, 0.3) is 4.96 Å². The predicted molar refractivity (Wildman–Crippen MR) is 88.9 cm³/mol. The van der Waals surface area contributed by atoms with E-state index in [4.69, 9.17) is 0 Å². The smallest absolute Gasteiger partial charge is 0.258 e. The van der Waals surface area contributed by atoms with Crippen molar-refractivity contribution in [1.82, 2.24) is 9.38 Å². The number of nitrogens with zero attached hydrogens (tertiary/aromatic N) is 2. The number of rotatable bonds is 5. The zero-order valence-electron chi connectivity index (χ0n) is 13.1. The van der Waals surface area contributed by atoms with Crippen LogP contribution in [0.4, 0.5) is 4.39 Å². The number of aromatic nitrogens is 2. The van der Waals surface area contributed by atoms with E-state index in [1.165, 1.54) is 23.5 Å². The van der Waals surface area contributed by atoms with E-state index < -0.39 is 0 Å². The first-order chi connectivity index (χ1) is 11.0. The molecule has 0 saturated heterocycles. The van der Waals surface area contributed by atoms with Crippen molar-refractivity contribution in [2.45, 2.75) is 26.4 Å². The lowest BCUT2D eigenvalue weighted by molar-refractivity contribution is -0.717. The molecule has 0 bridgehead atoms. The molecule has 1 atom stereocenters. The Balaban J connectivity index is 1.80. The average Bonchev–Trinajstić information content (AvgIpc) is 2.98. The van der Waals surface area contributed by atoms with E-state index in [0.717, 1.165) is 11.3 Å². The van der Waals surface area contributed by atoms with Crippen molar-refractivity contribution in [3.8, 4) is 0 Å². The maximum atomic E-state index is 13.1. The van der Waals surface area contributed by atoms with Crippen LogP contribution in [-0.4, -0.2) is 9.38 Å². The minimum Gasteiger partial charge on any atom is -0.335 e. The van der Waals surface area contributed by atoms with Crippen LogP contribution in [0.2, 0.25) is 0 Å². The molecule has 3 aromatic rings. The van der Waals surface area contributed by atoms with E-state index in [2.05, 4.69) is 24.1 Å². The van der Waals surface area contributed by atoms with Crippen molar-refractivity contribution < 1.29 is 9.71 Å². The molecule has 0 amide bonds. The second kappa shape index (κ2) is 6.60. The summed E-state index contributed by atoms with van der Waals surface area (Å²) in [6.45, 7) is 4.88. The predicted octanol–water partition coefficient (Wildman–Crippen LogP) is 2.36. The lowest BCUT2D eigenvalue weighted by Gasteiger charge is -2.19. The SMILES string of the molecule is CC(C)[C@H]([NH2+]Cc1cc(=O)n2ccsc2n1)c1ccc(F)cc1. The maximum Gasteiger partial charge on any atom is 0.258 e. The molecule has 0 fully saturated rings. The standard InChI is InChI=1S/C17H18FN3OS/c1-11(2)16(12-3-5-13(18)6-4-12)19-10-14-9-15(22)21-7-8-23-17(21)20-14/h3-9,11,16,19H,10H2,1-2H3/p+1/t16-/m0/s1. The minimum atomic E-state index is -0.228. The van der Waals surface area contributed by atoms with Crippen molar-refractivity contribution in [3.63, 3.8) is 0 Å². The van der Waals surface area contributed by atoms with Gasteiger partial charge in [-0.3, -0.25) is 9.20 Å². The van der Waals surface area contributed by atoms with Crippen molar-refractivity contribution in [2.75, 3.05) is 0 Å². The molecule has 0 aliphatic heterocycles. The number of thiazole rings is 1. The lowest BCUT2D eigenvalue weighted by atomic mass is 9.96. The van der Waals surface area contributed by atoms with Gasteiger partial charge in [0.2, 0.25) is 0 Å². The summed E-state index contributed by atoms with van der Waals surface area (Å²) in [7, 11) is 0. The number of nitrogens with two attached hydrogens (primary N) is 1. The van der Waals surface area contributed by atoms with Crippen LogP contribution in [0.1, 0.15) is 31.1 Å². The van der Waals surface area contributed by atoms with Crippen LogP contribution in [0.3, 0.4) is 0 Å². The normalized spacial score (nSPS) is 12.9. The molecule has 120 valence electrons. The van der Waals surface area contributed by atoms with Gasteiger partial charge in [0.15, 0.2) is 4.96 Å².